The Balaban J connectivity index is 1.99. The Kier molecular flexibility index (Phi) is 3.96. The number of hydrogen-bond acceptors (Lipinski definition) is 2. The van der Waals surface area contributed by atoms with Crippen LogP contribution in [0.1, 0.15) is 0 Å². The molecular weight excluding hydrogens is 291 g/mol. The van der Waals surface area contributed by atoms with Crippen molar-refractivity contribution in [3.05, 3.63) is 28.5 Å². The molecule has 1 fully saturated rings. The zero-order valence-corrected chi connectivity index (χ0v) is 10.7. The molecule has 1 aliphatic heterocycles. The molecule has 17 heavy (non-hydrogen) atoms. The number of rotatable bonds is 1. The van der Waals surface area contributed by atoms with E-state index in [1.165, 1.54) is 6.07 Å². The highest BCUT2D eigenvalue weighted by molar-refractivity contribution is 9.10. The molecule has 0 atom stereocenters. The number of carbonyl (C=O) groups is 1. The van der Waals surface area contributed by atoms with Crippen molar-refractivity contribution in [2.45, 2.75) is 0 Å². The van der Waals surface area contributed by atoms with E-state index in [9.17, 15) is 9.18 Å². The van der Waals surface area contributed by atoms with Crippen molar-refractivity contribution in [2.75, 3.05) is 31.6 Å². The maximum atomic E-state index is 13.2. The summed E-state index contributed by atoms with van der Waals surface area (Å²) in [5, 5.41) is 2.65. The van der Waals surface area contributed by atoms with Crippen LogP contribution >= 0.6 is 15.9 Å². The summed E-state index contributed by atoms with van der Waals surface area (Å²) in [7, 11) is 0. The molecular formula is C11H12BrFN2O2. The van der Waals surface area contributed by atoms with E-state index in [0.29, 0.717) is 36.5 Å². The lowest BCUT2D eigenvalue weighted by Gasteiger charge is -2.26. The smallest absolute Gasteiger partial charge is 0.322 e. The van der Waals surface area contributed by atoms with Crippen molar-refractivity contribution >= 4 is 27.6 Å². The van der Waals surface area contributed by atoms with E-state index < -0.39 is 5.82 Å². The van der Waals surface area contributed by atoms with Crippen molar-refractivity contribution in [2.24, 2.45) is 0 Å². The van der Waals surface area contributed by atoms with Gasteiger partial charge in [-0.1, -0.05) is 0 Å². The van der Waals surface area contributed by atoms with Crippen molar-refractivity contribution in [3.63, 3.8) is 0 Å². The van der Waals surface area contributed by atoms with Gasteiger partial charge in [0.15, 0.2) is 0 Å². The predicted molar refractivity (Wildman–Crippen MR) is 65.5 cm³/mol. The summed E-state index contributed by atoms with van der Waals surface area (Å²) in [5.41, 5.74) is 0.446. The third-order valence-electron chi connectivity index (χ3n) is 2.47. The minimum atomic E-state index is -0.398. The first-order chi connectivity index (χ1) is 8.16. The molecule has 6 heteroatoms. The molecule has 92 valence electrons. The number of nitrogens with one attached hydrogen (secondary N) is 1. The van der Waals surface area contributed by atoms with Crippen molar-refractivity contribution < 1.29 is 13.9 Å². The number of carbonyl (C=O) groups excluding carboxylic acids is 1. The summed E-state index contributed by atoms with van der Waals surface area (Å²) in [6, 6.07) is 4.26. The Morgan fingerprint density at radius 3 is 2.76 bits per heavy atom. The number of anilines is 1. The number of benzene rings is 1. The minimum absolute atomic E-state index is 0.227. The maximum absolute atomic E-state index is 13.2. The van der Waals surface area contributed by atoms with Gasteiger partial charge in [-0.25, -0.2) is 9.18 Å². The summed E-state index contributed by atoms with van der Waals surface area (Å²) in [6.45, 7) is 2.21. The second kappa shape index (κ2) is 5.46. The number of halogens is 2. The predicted octanol–water partition coefficient (Wildman–Crippen LogP) is 2.45. The Morgan fingerprint density at radius 2 is 2.12 bits per heavy atom. The molecule has 2 amide bonds. The quantitative estimate of drug-likeness (QED) is 0.866. The Morgan fingerprint density at radius 1 is 1.41 bits per heavy atom. The van der Waals surface area contributed by atoms with Crippen LogP contribution in [-0.2, 0) is 4.74 Å². The van der Waals surface area contributed by atoms with Crippen LogP contribution in [0.2, 0.25) is 0 Å². The molecule has 1 saturated heterocycles. The molecule has 0 aromatic heterocycles. The molecule has 2 rings (SSSR count). The van der Waals surface area contributed by atoms with Gasteiger partial charge in [0.1, 0.15) is 5.82 Å². The number of ether oxygens (including phenoxy) is 1. The van der Waals surface area contributed by atoms with E-state index in [4.69, 9.17) is 4.74 Å². The van der Waals surface area contributed by atoms with Gasteiger partial charge in [-0.05, 0) is 34.1 Å². The Hall–Kier alpha value is -1.14. The molecule has 1 aromatic carbocycles. The zero-order chi connectivity index (χ0) is 12.3. The van der Waals surface area contributed by atoms with Crippen LogP contribution < -0.4 is 5.32 Å². The normalized spacial score (nSPS) is 15.8. The molecule has 0 spiro atoms. The van der Waals surface area contributed by atoms with Gasteiger partial charge < -0.3 is 15.0 Å². The summed E-state index contributed by atoms with van der Waals surface area (Å²) < 4.78 is 18.8. The highest BCUT2D eigenvalue weighted by Crippen LogP contribution is 2.19. The fourth-order valence-corrected chi connectivity index (χ4v) is 1.79. The summed E-state index contributed by atoms with van der Waals surface area (Å²) in [5.74, 6) is -0.398. The topological polar surface area (TPSA) is 41.6 Å². The fourth-order valence-electron chi connectivity index (χ4n) is 1.54. The summed E-state index contributed by atoms with van der Waals surface area (Å²) in [6.07, 6.45) is 0. The fraction of sp³-hybridized carbons (Fsp3) is 0.364. The first kappa shape index (κ1) is 12.3. The van der Waals surface area contributed by atoms with Crippen LogP contribution in [0, 0.1) is 5.82 Å². The van der Waals surface area contributed by atoms with Crippen molar-refractivity contribution in [1.82, 2.24) is 4.90 Å². The summed E-state index contributed by atoms with van der Waals surface area (Å²) >= 11 is 3.06. The third kappa shape index (κ3) is 3.17. The Bertz CT molecular complexity index is 422. The highest BCUT2D eigenvalue weighted by atomic mass is 79.9. The standard InChI is InChI=1S/C11H12BrFN2O2/c12-9-2-1-8(7-10(9)13)14-11(16)15-3-5-17-6-4-15/h1-2,7H,3-6H2,(H,14,16). The van der Waals surface area contributed by atoms with Crippen molar-refractivity contribution in [3.8, 4) is 0 Å². The van der Waals surface area contributed by atoms with Gasteiger partial charge >= 0.3 is 6.03 Å². The van der Waals surface area contributed by atoms with Gasteiger partial charge in [-0.15, -0.1) is 0 Å². The monoisotopic (exact) mass is 302 g/mol. The second-order valence-corrected chi connectivity index (χ2v) is 4.51. The molecule has 0 saturated carbocycles. The average Bonchev–Trinajstić information content (AvgIpc) is 2.35. The largest absolute Gasteiger partial charge is 0.378 e. The average molecular weight is 303 g/mol. The molecule has 0 unspecified atom stereocenters. The van der Waals surface area contributed by atoms with E-state index in [0.717, 1.165) is 0 Å². The maximum Gasteiger partial charge on any atom is 0.322 e. The zero-order valence-electron chi connectivity index (χ0n) is 9.08. The van der Waals surface area contributed by atoms with Crippen molar-refractivity contribution in [1.29, 1.82) is 0 Å². The molecule has 4 nitrogen and oxygen atoms in total. The van der Waals surface area contributed by atoms with Crippen LogP contribution in [0.15, 0.2) is 22.7 Å². The molecule has 0 bridgehead atoms. The van der Waals surface area contributed by atoms with Crippen LogP contribution in [0.3, 0.4) is 0 Å². The minimum Gasteiger partial charge on any atom is -0.378 e. The lowest BCUT2D eigenvalue weighted by molar-refractivity contribution is 0.0564. The molecule has 1 aliphatic rings. The van der Waals surface area contributed by atoms with Gasteiger partial charge in [-0.2, -0.15) is 0 Å². The van der Waals surface area contributed by atoms with Gasteiger partial charge in [0.05, 0.1) is 17.7 Å². The molecule has 1 heterocycles. The first-order valence-electron chi connectivity index (χ1n) is 5.25. The van der Waals surface area contributed by atoms with Crippen LogP contribution in [-0.4, -0.2) is 37.2 Å². The number of amides is 2. The lowest BCUT2D eigenvalue weighted by Crippen LogP contribution is -2.43. The van der Waals surface area contributed by atoms with Crippen LogP contribution in [0.5, 0.6) is 0 Å². The highest BCUT2D eigenvalue weighted by Gasteiger charge is 2.16. The third-order valence-corrected chi connectivity index (χ3v) is 3.11. The van der Waals surface area contributed by atoms with Crippen LogP contribution in [0.25, 0.3) is 0 Å². The first-order valence-corrected chi connectivity index (χ1v) is 6.05. The number of morpholine rings is 1. The second-order valence-electron chi connectivity index (χ2n) is 3.66. The molecule has 1 N–H and O–H groups in total. The van der Waals surface area contributed by atoms with E-state index in [-0.39, 0.29) is 6.03 Å². The van der Waals surface area contributed by atoms with Gasteiger partial charge in [0.2, 0.25) is 0 Å². The van der Waals surface area contributed by atoms with Gasteiger partial charge in [0.25, 0.3) is 0 Å². The number of nitrogens with zero attached hydrogens (tertiary/aromatic N) is 1. The number of urea groups is 1. The molecule has 0 radical (unpaired) electrons. The van der Waals surface area contributed by atoms with E-state index in [1.807, 2.05) is 0 Å². The van der Waals surface area contributed by atoms with E-state index in [2.05, 4.69) is 21.2 Å². The van der Waals surface area contributed by atoms with Gasteiger partial charge in [-0.3, -0.25) is 0 Å². The lowest BCUT2D eigenvalue weighted by atomic mass is 10.3. The van der Waals surface area contributed by atoms with E-state index >= 15 is 0 Å². The SMILES string of the molecule is O=C(Nc1ccc(Br)c(F)c1)N1CCOCC1. The molecule has 1 aromatic rings. The van der Waals surface area contributed by atoms with Gasteiger partial charge in [0, 0.05) is 18.8 Å². The van der Waals surface area contributed by atoms with E-state index in [1.54, 1.807) is 17.0 Å². The summed E-state index contributed by atoms with van der Waals surface area (Å²) in [4.78, 5) is 13.4. The molecule has 0 aliphatic carbocycles. The Labute approximate surface area is 107 Å². The van der Waals surface area contributed by atoms with Crippen LogP contribution in [0.4, 0.5) is 14.9 Å². The number of hydrogen-bond donors (Lipinski definition) is 1.